The van der Waals surface area contributed by atoms with Crippen LogP contribution in [0.2, 0.25) is 5.02 Å². The molecule has 1 aromatic heterocycles. The van der Waals surface area contributed by atoms with Gasteiger partial charge in [-0.15, -0.1) is 0 Å². The van der Waals surface area contributed by atoms with E-state index in [0.29, 0.717) is 17.8 Å². The largest absolute Gasteiger partial charge is 0.468 e. The average Bonchev–Trinajstić information content (AvgIpc) is 2.42. The predicted molar refractivity (Wildman–Crippen MR) is 79.8 cm³/mol. The van der Waals surface area contributed by atoms with Crippen molar-refractivity contribution in [1.82, 2.24) is 15.1 Å². The van der Waals surface area contributed by atoms with Gasteiger partial charge in [0.15, 0.2) is 0 Å². The van der Waals surface area contributed by atoms with Crippen LogP contribution in [0.25, 0.3) is 0 Å². The molecule has 8 heteroatoms. The first kappa shape index (κ1) is 15.8. The number of methoxy groups -OCH3 is 1. The summed E-state index contributed by atoms with van der Waals surface area (Å²) in [6, 6.07) is 0.588. The van der Waals surface area contributed by atoms with Crippen LogP contribution >= 0.6 is 11.6 Å². The highest BCUT2D eigenvalue weighted by Crippen LogP contribution is 2.23. The third-order valence-electron chi connectivity index (χ3n) is 3.37. The predicted octanol–water partition coefficient (Wildman–Crippen LogP) is 0.256. The van der Waals surface area contributed by atoms with Gasteiger partial charge in [0.2, 0.25) is 0 Å². The minimum atomic E-state index is -0.544. The molecule has 21 heavy (non-hydrogen) atoms. The maximum atomic E-state index is 12.2. The molecule has 0 aliphatic carbocycles. The van der Waals surface area contributed by atoms with Crippen molar-refractivity contribution in [3.63, 3.8) is 0 Å². The highest BCUT2D eigenvalue weighted by atomic mass is 35.5. The number of anilines is 1. The zero-order valence-corrected chi connectivity index (χ0v) is 13.1. The molecule has 1 N–H and O–H groups in total. The number of nitrogens with one attached hydrogen (secondary N) is 1. The van der Waals surface area contributed by atoms with Crippen LogP contribution in [-0.2, 0) is 16.1 Å². The van der Waals surface area contributed by atoms with Crippen LogP contribution < -0.4 is 15.8 Å². The van der Waals surface area contributed by atoms with Gasteiger partial charge in [-0.1, -0.05) is 11.6 Å². The van der Waals surface area contributed by atoms with Gasteiger partial charge in [0, 0.05) is 25.2 Å². The number of nitrogens with zero attached hydrogens (tertiary/aromatic N) is 3. The van der Waals surface area contributed by atoms with Gasteiger partial charge < -0.3 is 15.0 Å². The van der Waals surface area contributed by atoms with Crippen molar-refractivity contribution in [3.8, 4) is 0 Å². The Bertz CT molecular complexity index is 579. The Balaban J connectivity index is 2.28. The van der Waals surface area contributed by atoms with Crippen LogP contribution in [0.4, 0.5) is 5.69 Å². The van der Waals surface area contributed by atoms with E-state index in [-0.39, 0.29) is 11.6 Å². The van der Waals surface area contributed by atoms with Gasteiger partial charge >= 0.3 is 5.97 Å². The molecular formula is C13H19ClN4O3. The molecular weight excluding hydrogens is 296 g/mol. The first-order valence-electron chi connectivity index (χ1n) is 6.75. The summed E-state index contributed by atoms with van der Waals surface area (Å²) in [4.78, 5) is 25.4. The highest BCUT2D eigenvalue weighted by Gasteiger charge is 2.24. The summed E-state index contributed by atoms with van der Waals surface area (Å²) in [6.45, 7) is 5.38. The summed E-state index contributed by atoms with van der Waals surface area (Å²) < 4.78 is 5.53. The number of aromatic nitrogens is 2. The number of hydrogen-bond acceptors (Lipinski definition) is 6. The second-order valence-corrected chi connectivity index (χ2v) is 5.63. The third-order valence-corrected chi connectivity index (χ3v) is 3.73. The maximum absolute atomic E-state index is 12.2. The second kappa shape index (κ2) is 6.44. The molecule has 1 aliphatic heterocycles. The molecule has 2 heterocycles. The molecule has 7 nitrogen and oxygen atoms in total. The minimum absolute atomic E-state index is 0.0789. The number of rotatable bonds is 3. The van der Waals surface area contributed by atoms with Gasteiger partial charge in [0.05, 0.1) is 19.0 Å². The van der Waals surface area contributed by atoms with Gasteiger partial charge in [-0.2, -0.15) is 5.10 Å². The maximum Gasteiger partial charge on any atom is 0.327 e. The molecule has 2 atom stereocenters. The van der Waals surface area contributed by atoms with E-state index >= 15 is 0 Å². The van der Waals surface area contributed by atoms with Crippen LogP contribution in [0.1, 0.15) is 13.8 Å². The Morgan fingerprint density at radius 3 is 2.67 bits per heavy atom. The fraction of sp³-hybridized carbons (Fsp3) is 0.615. The van der Waals surface area contributed by atoms with Crippen LogP contribution in [0.5, 0.6) is 0 Å². The second-order valence-electron chi connectivity index (χ2n) is 5.26. The lowest BCUT2D eigenvalue weighted by Gasteiger charge is -2.37. The summed E-state index contributed by atoms with van der Waals surface area (Å²) in [5.74, 6) is -0.544. The molecule has 1 saturated heterocycles. The number of ether oxygens (including phenoxy) is 1. The van der Waals surface area contributed by atoms with Crippen LogP contribution in [-0.4, -0.2) is 48.0 Å². The summed E-state index contributed by atoms with van der Waals surface area (Å²) in [5, 5.41) is 7.50. The van der Waals surface area contributed by atoms with E-state index in [2.05, 4.69) is 29.0 Å². The number of carbonyl (C=O) groups excluding carboxylic acids is 1. The first-order chi connectivity index (χ1) is 9.92. The molecule has 116 valence electrons. The van der Waals surface area contributed by atoms with Crippen molar-refractivity contribution < 1.29 is 9.53 Å². The Kier molecular flexibility index (Phi) is 4.84. The van der Waals surface area contributed by atoms with E-state index < -0.39 is 11.5 Å². The number of halogens is 1. The topological polar surface area (TPSA) is 76.5 Å². The van der Waals surface area contributed by atoms with E-state index in [4.69, 9.17) is 11.6 Å². The van der Waals surface area contributed by atoms with Crippen molar-refractivity contribution in [3.05, 3.63) is 21.6 Å². The molecule has 1 aromatic rings. The first-order valence-corrected chi connectivity index (χ1v) is 7.13. The Morgan fingerprint density at radius 2 is 2.10 bits per heavy atom. The van der Waals surface area contributed by atoms with E-state index in [1.54, 1.807) is 0 Å². The van der Waals surface area contributed by atoms with Crippen molar-refractivity contribution in [1.29, 1.82) is 0 Å². The SMILES string of the molecule is COC(=O)Cn1ncc(N2CC(C)NC(C)C2)c(Cl)c1=O. The lowest BCUT2D eigenvalue weighted by Crippen LogP contribution is -2.54. The molecule has 1 aliphatic rings. The van der Waals surface area contributed by atoms with Crippen LogP contribution in [0, 0.1) is 0 Å². The quantitative estimate of drug-likeness (QED) is 0.806. The lowest BCUT2D eigenvalue weighted by atomic mass is 10.1. The van der Waals surface area contributed by atoms with Gasteiger partial charge in [-0.3, -0.25) is 9.59 Å². The van der Waals surface area contributed by atoms with Gasteiger partial charge in [-0.25, -0.2) is 4.68 Å². The summed E-state index contributed by atoms with van der Waals surface area (Å²) in [6.07, 6.45) is 1.53. The third kappa shape index (κ3) is 3.54. The van der Waals surface area contributed by atoms with E-state index in [1.165, 1.54) is 13.3 Å². The van der Waals surface area contributed by atoms with Gasteiger partial charge in [0.25, 0.3) is 5.56 Å². The van der Waals surface area contributed by atoms with Gasteiger partial charge in [-0.05, 0) is 13.8 Å². The smallest absolute Gasteiger partial charge is 0.327 e. The number of carbonyl (C=O) groups is 1. The average molecular weight is 315 g/mol. The van der Waals surface area contributed by atoms with Crippen molar-refractivity contribution in [2.45, 2.75) is 32.5 Å². The van der Waals surface area contributed by atoms with E-state index in [9.17, 15) is 9.59 Å². The normalized spacial score (nSPS) is 22.2. The van der Waals surface area contributed by atoms with E-state index in [1.807, 2.05) is 4.90 Å². The molecule has 0 bridgehead atoms. The lowest BCUT2D eigenvalue weighted by molar-refractivity contribution is -0.141. The van der Waals surface area contributed by atoms with Gasteiger partial charge in [0.1, 0.15) is 11.6 Å². The van der Waals surface area contributed by atoms with Crippen LogP contribution in [0.15, 0.2) is 11.0 Å². The molecule has 0 aromatic carbocycles. The van der Waals surface area contributed by atoms with Crippen LogP contribution in [0.3, 0.4) is 0 Å². The van der Waals surface area contributed by atoms with Crippen molar-refractivity contribution in [2.75, 3.05) is 25.1 Å². The fourth-order valence-corrected chi connectivity index (χ4v) is 2.77. The molecule has 2 unspecified atom stereocenters. The Morgan fingerprint density at radius 1 is 1.48 bits per heavy atom. The Labute approximate surface area is 127 Å². The molecule has 0 saturated carbocycles. The number of esters is 1. The zero-order valence-electron chi connectivity index (χ0n) is 12.3. The summed E-state index contributed by atoms with van der Waals surface area (Å²) >= 11 is 6.17. The summed E-state index contributed by atoms with van der Waals surface area (Å²) in [5.41, 5.74) is 0.112. The number of hydrogen-bond donors (Lipinski definition) is 1. The number of piperazine rings is 1. The van der Waals surface area contributed by atoms with Crippen molar-refractivity contribution >= 4 is 23.3 Å². The Hall–Kier alpha value is -1.60. The fourth-order valence-electron chi connectivity index (χ4n) is 2.50. The summed E-state index contributed by atoms with van der Waals surface area (Å²) in [7, 11) is 1.26. The molecule has 1 fully saturated rings. The van der Waals surface area contributed by atoms with E-state index in [0.717, 1.165) is 17.8 Å². The standard InChI is InChI=1S/C13H19ClN4O3/c1-8-5-17(6-9(2)16-8)10-4-15-18(7-11(19)21-3)13(20)12(10)14/h4,8-9,16H,5-7H2,1-3H3. The monoisotopic (exact) mass is 314 g/mol. The highest BCUT2D eigenvalue weighted by molar-refractivity contribution is 6.33. The minimum Gasteiger partial charge on any atom is -0.468 e. The molecule has 0 amide bonds. The molecule has 0 radical (unpaired) electrons. The molecule has 2 rings (SSSR count). The molecule has 0 spiro atoms. The van der Waals surface area contributed by atoms with Crippen molar-refractivity contribution in [2.24, 2.45) is 0 Å². The zero-order chi connectivity index (χ0) is 15.6.